The number of thioether (sulfide) groups is 1. The third-order valence-corrected chi connectivity index (χ3v) is 5.11. The Balaban J connectivity index is 1.87. The van der Waals surface area contributed by atoms with Crippen LogP contribution in [0, 0.1) is 13.8 Å². The molecule has 0 aliphatic carbocycles. The zero-order valence-corrected chi connectivity index (χ0v) is 14.3. The molecule has 3 aromatic rings. The number of nitrogens with zero attached hydrogens (tertiary/aromatic N) is 2. The minimum Gasteiger partial charge on any atom is -0.359 e. The van der Waals surface area contributed by atoms with E-state index in [4.69, 9.17) is 5.10 Å². The summed E-state index contributed by atoms with van der Waals surface area (Å²) >= 11 is 1.76. The summed E-state index contributed by atoms with van der Waals surface area (Å²) in [7, 11) is 0. The highest BCUT2D eigenvalue weighted by molar-refractivity contribution is 7.98. The topological polar surface area (TPSA) is 29.9 Å². The molecule has 0 radical (unpaired) electrons. The number of aromatic nitrogens is 2. The van der Waals surface area contributed by atoms with Crippen molar-refractivity contribution in [2.45, 2.75) is 24.9 Å². The number of hydrogen-bond donors (Lipinski definition) is 1. The van der Waals surface area contributed by atoms with Crippen molar-refractivity contribution < 1.29 is 0 Å². The van der Waals surface area contributed by atoms with Gasteiger partial charge in [0.15, 0.2) is 0 Å². The Morgan fingerprint density at radius 2 is 1.87 bits per heavy atom. The van der Waals surface area contributed by atoms with Crippen molar-refractivity contribution in [3.8, 4) is 11.3 Å². The van der Waals surface area contributed by atoms with Gasteiger partial charge in [-0.2, -0.15) is 5.10 Å². The van der Waals surface area contributed by atoms with Crippen LogP contribution in [-0.4, -0.2) is 16.0 Å². The minimum atomic E-state index is 0.0307. The Morgan fingerprint density at radius 3 is 2.61 bits per heavy atom. The standard InChI is InChI=1S/C19H19N3S/c1-12-5-4-6-16-17-11-13(2)21-22(17)19(20-18(12)16)14-7-9-15(23-3)10-8-14/h4-11,19-20H,1-3H3/t19-/m1/s1. The van der Waals surface area contributed by atoms with Gasteiger partial charge in [0.25, 0.3) is 0 Å². The fourth-order valence-electron chi connectivity index (χ4n) is 3.20. The Bertz CT molecular complexity index is 865. The van der Waals surface area contributed by atoms with Crippen LogP contribution in [0.2, 0.25) is 0 Å². The van der Waals surface area contributed by atoms with E-state index in [0.29, 0.717) is 0 Å². The van der Waals surface area contributed by atoms with Crippen LogP contribution in [0.5, 0.6) is 0 Å². The van der Waals surface area contributed by atoms with Crippen molar-refractivity contribution in [2.75, 3.05) is 11.6 Å². The number of nitrogens with one attached hydrogen (secondary N) is 1. The van der Waals surface area contributed by atoms with Gasteiger partial charge in [-0.25, -0.2) is 4.68 Å². The molecule has 0 bridgehead atoms. The summed E-state index contributed by atoms with van der Waals surface area (Å²) in [5.41, 5.74) is 7.14. The van der Waals surface area contributed by atoms with Crippen LogP contribution in [0.1, 0.15) is 23.0 Å². The highest BCUT2D eigenvalue weighted by Crippen LogP contribution is 2.40. The van der Waals surface area contributed by atoms with Crippen LogP contribution in [0.4, 0.5) is 5.69 Å². The van der Waals surface area contributed by atoms with Crippen molar-refractivity contribution in [3.05, 3.63) is 65.4 Å². The first-order valence-corrected chi connectivity index (χ1v) is 8.96. The highest BCUT2D eigenvalue weighted by atomic mass is 32.2. The summed E-state index contributed by atoms with van der Waals surface area (Å²) in [6.45, 7) is 4.20. The van der Waals surface area contributed by atoms with Crippen LogP contribution in [0.3, 0.4) is 0 Å². The second kappa shape index (κ2) is 5.46. The lowest BCUT2D eigenvalue weighted by molar-refractivity contribution is 0.570. The lowest BCUT2D eigenvalue weighted by Gasteiger charge is -2.30. The lowest BCUT2D eigenvalue weighted by atomic mass is 10.0. The summed E-state index contributed by atoms with van der Waals surface area (Å²) in [6.07, 6.45) is 2.13. The van der Waals surface area contributed by atoms with Gasteiger partial charge >= 0.3 is 0 Å². The molecular weight excluding hydrogens is 302 g/mol. The maximum Gasteiger partial charge on any atom is 0.147 e. The maximum absolute atomic E-state index is 4.73. The van der Waals surface area contributed by atoms with Gasteiger partial charge < -0.3 is 5.32 Å². The number of hydrogen-bond acceptors (Lipinski definition) is 3. The molecule has 0 unspecified atom stereocenters. The number of aryl methyl sites for hydroxylation is 2. The van der Waals surface area contributed by atoms with Gasteiger partial charge in [0, 0.05) is 16.1 Å². The Kier molecular flexibility index (Phi) is 3.42. The lowest BCUT2D eigenvalue weighted by Crippen LogP contribution is -2.26. The SMILES string of the molecule is CSc1ccc([C@@H]2Nc3c(C)cccc3-c3cc(C)nn32)cc1. The molecule has 2 heterocycles. The molecule has 4 heteroatoms. The third kappa shape index (κ3) is 2.34. The predicted octanol–water partition coefficient (Wildman–Crippen LogP) is 4.86. The number of anilines is 1. The Hall–Kier alpha value is -2.20. The van der Waals surface area contributed by atoms with Gasteiger partial charge in [0.05, 0.1) is 11.4 Å². The number of fused-ring (bicyclic) bond motifs is 3. The van der Waals surface area contributed by atoms with Gasteiger partial charge in [-0.3, -0.25) is 0 Å². The van der Waals surface area contributed by atoms with Crippen LogP contribution < -0.4 is 5.32 Å². The molecule has 1 atom stereocenters. The summed E-state index contributed by atoms with van der Waals surface area (Å²) in [5.74, 6) is 0. The average molecular weight is 321 g/mol. The van der Waals surface area contributed by atoms with E-state index in [9.17, 15) is 0 Å². The van der Waals surface area contributed by atoms with Gasteiger partial charge in [-0.1, -0.05) is 30.3 Å². The molecule has 1 aromatic heterocycles. The summed E-state index contributed by atoms with van der Waals surface area (Å²) in [5, 5.41) is 8.41. The van der Waals surface area contributed by atoms with Crippen molar-refractivity contribution in [1.29, 1.82) is 0 Å². The predicted molar refractivity (Wildman–Crippen MR) is 97.1 cm³/mol. The molecule has 1 N–H and O–H groups in total. The van der Waals surface area contributed by atoms with Gasteiger partial charge in [-0.05, 0) is 49.4 Å². The largest absolute Gasteiger partial charge is 0.359 e. The first kappa shape index (κ1) is 14.4. The minimum absolute atomic E-state index is 0.0307. The Morgan fingerprint density at radius 1 is 1.09 bits per heavy atom. The van der Waals surface area contributed by atoms with Crippen molar-refractivity contribution >= 4 is 17.4 Å². The average Bonchev–Trinajstić information content (AvgIpc) is 2.96. The summed E-state index contributed by atoms with van der Waals surface area (Å²) in [6, 6.07) is 17.3. The van der Waals surface area contributed by atoms with Crippen molar-refractivity contribution in [1.82, 2.24) is 9.78 Å². The molecule has 1 aliphatic heterocycles. The van der Waals surface area contributed by atoms with E-state index in [1.807, 2.05) is 0 Å². The first-order valence-electron chi connectivity index (χ1n) is 7.74. The molecule has 3 nitrogen and oxygen atoms in total. The van der Waals surface area contributed by atoms with E-state index in [2.05, 4.69) is 78.6 Å². The number of para-hydroxylation sites is 1. The molecule has 0 amide bonds. The monoisotopic (exact) mass is 321 g/mol. The molecule has 2 aromatic carbocycles. The van der Waals surface area contributed by atoms with E-state index in [0.717, 1.165) is 5.69 Å². The van der Waals surface area contributed by atoms with E-state index in [-0.39, 0.29) is 6.17 Å². The highest BCUT2D eigenvalue weighted by Gasteiger charge is 2.27. The van der Waals surface area contributed by atoms with Crippen LogP contribution in [-0.2, 0) is 0 Å². The number of benzene rings is 2. The quantitative estimate of drug-likeness (QED) is 0.684. The molecule has 1 aliphatic rings. The fraction of sp³-hybridized carbons (Fsp3) is 0.211. The molecule has 0 saturated heterocycles. The molecule has 4 rings (SSSR count). The third-order valence-electron chi connectivity index (χ3n) is 4.36. The van der Waals surface area contributed by atoms with Crippen molar-refractivity contribution in [2.24, 2.45) is 0 Å². The van der Waals surface area contributed by atoms with E-state index < -0.39 is 0 Å². The van der Waals surface area contributed by atoms with Crippen molar-refractivity contribution in [3.63, 3.8) is 0 Å². The normalized spacial score (nSPS) is 15.7. The molecule has 116 valence electrons. The van der Waals surface area contributed by atoms with Crippen LogP contribution in [0.15, 0.2) is 53.4 Å². The molecular formula is C19H19N3S. The summed E-state index contributed by atoms with van der Waals surface area (Å²) in [4.78, 5) is 1.28. The molecule has 0 saturated carbocycles. The number of rotatable bonds is 2. The van der Waals surface area contributed by atoms with E-state index in [1.54, 1.807) is 11.8 Å². The molecule has 0 fully saturated rings. The van der Waals surface area contributed by atoms with Gasteiger partial charge in [0.1, 0.15) is 6.17 Å². The Labute approximate surface area is 140 Å². The van der Waals surface area contributed by atoms with E-state index in [1.165, 1.54) is 33.0 Å². The maximum atomic E-state index is 4.73. The zero-order valence-electron chi connectivity index (χ0n) is 13.5. The first-order chi connectivity index (χ1) is 11.2. The summed E-state index contributed by atoms with van der Waals surface area (Å²) < 4.78 is 2.10. The van der Waals surface area contributed by atoms with Gasteiger partial charge in [0.2, 0.25) is 0 Å². The van der Waals surface area contributed by atoms with Crippen LogP contribution in [0.25, 0.3) is 11.3 Å². The second-order valence-corrected chi connectivity index (χ2v) is 6.81. The van der Waals surface area contributed by atoms with E-state index >= 15 is 0 Å². The van der Waals surface area contributed by atoms with Gasteiger partial charge in [-0.15, -0.1) is 11.8 Å². The second-order valence-electron chi connectivity index (χ2n) is 5.93. The zero-order chi connectivity index (χ0) is 16.0. The fourth-order valence-corrected chi connectivity index (χ4v) is 3.60. The smallest absolute Gasteiger partial charge is 0.147 e. The van der Waals surface area contributed by atoms with Crippen LogP contribution >= 0.6 is 11.8 Å². The molecule has 23 heavy (non-hydrogen) atoms. The molecule has 0 spiro atoms.